The first-order valence-corrected chi connectivity index (χ1v) is 31.5. The number of unbranched alkanes of at least 4 members (excludes halogenated alkanes) is 18. The molecule has 0 aliphatic carbocycles. The lowest BCUT2D eigenvalue weighted by Crippen LogP contribution is -2.61. The first kappa shape index (κ1) is 74.1. The average molecular weight is 1130 g/mol. The van der Waals surface area contributed by atoms with Crippen molar-refractivity contribution in [2.75, 3.05) is 13.2 Å². The topological polar surface area (TPSA) is 175 Å². The Labute approximate surface area is 490 Å². The number of aliphatic hydroxyl groups excluding tert-OH is 2. The number of esters is 3. The van der Waals surface area contributed by atoms with Gasteiger partial charge in [-0.15, -0.1) is 0 Å². The van der Waals surface area contributed by atoms with Crippen LogP contribution in [0.5, 0.6) is 0 Å². The Balaban J connectivity index is 2.72. The molecule has 0 spiro atoms. The highest BCUT2D eigenvalue weighted by atomic mass is 16.7. The summed E-state index contributed by atoms with van der Waals surface area (Å²) in [7, 11) is 0. The Morgan fingerprint density at radius 3 is 1.23 bits per heavy atom. The fourth-order valence-electron chi connectivity index (χ4n) is 8.73. The van der Waals surface area contributed by atoms with Gasteiger partial charge < -0.3 is 39.0 Å². The first-order valence-electron chi connectivity index (χ1n) is 31.5. The number of aliphatic hydroxyl groups is 2. The van der Waals surface area contributed by atoms with Gasteiger partial charge in [0, 0.05) is 19.3 Å². The number of carbonyl (C=O) groups excluding carboxylic acids is 3. The molecule has 6 unspecified atom stereocenters. The molecule has 0 radical (unpaired) electrons. The maximum absolute atomic E-state index is 13.2. The largest absolute Gasteiger partial charge is 0.479 e. The summed E-state index contributed by atoms with van der Waals surface area (Å²) in [5.41, 5.74) is 0. The summed E-state index contributed by atoms with van der Waals surface area (Å²) in [6, 6.07) is 0. The van der Waals surface area contributed by atoms with Gasteiger partial charge in [-0.2, -0.15) is 0 Å². The van der Waals surface area contributed by atoms with Gasteiger partial charge in [-0.25, -0.2) is 4.79 Å². The molecule has 1 aliphatic heterocycles. The SMILES string of the molecule is CC/C=C\C/C=C\C/C=C\C/C=C\C/C=C\CCCCCC(=O)OCC(COC1OC(C(=O)O)C(O)C(O)C1OC(=O)CCCCCCCCC/C=C\CCCCCCCC)OC(=O)CCCC/C=C\C/C=C\C/C=C\C/C=C\CC. The minimum Gasteiger partial charge on any atom is -0.479 e. The zero-order valence-electron chi connectivity index (χ0n) is 50.5. The van der Waals surface area contributed by atoms with E-state index >= 15 is 0 Å². The zero-order valence-corrected chi connectivity index (χ0v) is 50.5. The standard InChI is InChI=1S/C69H110O12/c1-4-7-10-13-16-19-22-25-28-30-31-33-35-37-40-43-46-49-52-55-61(70)77-58-60(79-62(71)56-53-50-47-44-41-38-34-27-24-21-18-15-12-9-6-3)59-78-69-67(65(74)64(73)66(81-69)68(75)76)80-63(72)57-54-51-48-45-42-39-36-32-29-26-23-20-17-14-11-8-5-2/h7,9-10,12,16,18-19,21,25-29,31,33-34,37,40-41,44,60,64-67,69,73-74H,4-6,8,11,13-15,17,20,22-24,30,32,35-36,38-39,42-43,45-59H2,1-3H3,(H,75,76)/b10-7-,12-9-,19-16-,21-18-,28-25-,29-26-,33-31-,34-27-,40-37-,44-41-. The summed E-state index contributed by atoms with van der Waals surface area (Å²) >= 11 is 0. The molecule has 1 heterocycles. The molecule has 1 fully saturated rings. The minimum absolute atomic E-state index is 0.0413. The monoisotopic (exact) mass is 1130 g/mol. The lowest BCUT2D eigenvalue weighted by atomic mass is 9.98. The maximum atomic E-state index is 13.2. The second kappa shape index (κ2) is 55.6. The van der Waals surface area contributed by atoms with Crippen molar-refractivity contribution in [2.24, 2.45) is 0 Å². The predicted octanol–water partition coefficient (Wildman–Crippen LogP) is 16.8. The van der Waals surface area contributed by atoms with Crippen LogP contribution in [0.4, 0.5) is 0 Å². The highest BCUT2D eigenvalue weighted by Crippen LogP contribution is 2.26. The van der Waals surface area contributed by atoms with E-state index < -0.39 is 67.3 Å². The molecular formula is C69H110O12. The number of carbonyl (C=O) groups is 4. The molecule has 1 saturated heterocycles. The van der Waals surface area contributed by atoms with E-state index in [0.29, 0.717) is 19.3 Å². The van der Waals surface area contributed by atoms with E-state index in [1.165, 1.54) is 51.4 Å². The van der Waals surface area contributed by atoms with Crippen LogP contribution in [0.15, 0.2) is 122 Å². The molecule has 458 valence electrons. The van der Waals surface area contributed by atoms with Crippen molar-refractivity contribution < 1.29 is 58.2 Å². The van der Waals surface area contributed by atoms with Gasteiger partial charge in [-0.1, -0.05) is 213 Å². The minimum atomic E-state index is -1.92. The van der Waals surface area contributed by atoms with Crippen LogP contribution in [0.25, 0.3) is 0 Å². The Hall–Kier alpha value is -4.88. The van der Waals surface area contributed by atoms with E-state index in [4.69, 9.17) is 23.7 Å². The van der Waals surface area contributed by atoms with E-state index in [-0.39, 0.29) is 25.9 Å². The highest BCUT2D eigenvalue weighted by molar-refractivity contribution is 5.74. The van der Waals surface area contributed by atoms with E-state index in [1.807, 2.05) is 0 Å². The Bertz CT molecular complexity index is 1870. The first-order chi connectivity index (χ1) is 39.6. The van der Waals surface area contributed by atoms with E-state index in [2.05, 4.69) is 142 Å². The summed E-state index contributed by atoms with van der Waals surface area (Å²) in [6.07, 6.45) is 64.5. The van der Waals surface area contributed by atoms with Gasteiger partial charge in [0.2, 0.25) is 0 Å². The van der Waals surface area contributed by atoms with Crippen molar-refractivity contribution in [3.63, 3.8) is 0 Å². The number of carboxylic acid groups (broad SMARTS) is 1. The molecule has 1 rings (SSSR count). The predicted molar refractivity (Wildman–Crippen MR) is 330 cm³/mol. The lowest BCUT2D eigenvalue weighted by Gasteiger charge is -2.40. The van der Waals surface area contributed by atoms with Crippen molar-refractivity contribution in [2.45, 2.75) is 276 Å². The van der Waals surface area contributed by atoms with Crippen LogP contribution in [-0.2, 0) is 42.9 Å². The second-order valence-electron chi connectivity index (χ2n) is 20.9. The summed E-state index contributed by atoms with van der Waals surface area (Å²) in [5, 5.41) is 31.6. The van der Waals surface area contributed by atoms with Gasteiger partial charge in [0.1, 0.15) is 18.8 Å². The average Bonchev–Trinajstić information content (AvgIpc) is 3.53. The molecule has 0 aromatic rings. The number of carboxylic acids is 1. The summed E-state index contributed by atoms with van der Waals surface area (Å²) in [4.78, 5) is 51.3. The Kier molecular flexibility index (Phi) is 50.9. The number of hydrogen-bond donors (Lipinski definition) is 3. The second-order valence-corrected chi connectivity index (χ2v) is 20.9. The molecule has 1 aliphatic rings. The summed E-state index contributed by atoms with van der Waals surface area (Å²) < 4.78 is 28.4. The van der Waals surface area contributed by atoms with Crippen molar-refractivity contribution in [3.05, 3.63) is 122 Å². The van der Waals surface area contributed by atoms with Crippen molar-refractivity contribution >= 4 is 23.9 Å². The number of allylic oxidation sites excluding steroid dienone is 20. The number of rotatable bonds is 52. The molecule has 3 N–H and O–H groups in total. The number of ether oxygens (including phenoxy) is 5. The quantitative estimate of drug-likeness (QED) is 0.0228. The van der Waals surface area contributed by atoms with Crippen LogP contribution in [-0.4, -0.2) is 89.2 Å². The van der Waals surface area contributed by atoms with Gasteiger partial charge in [0.05, 0.1) is 6.61 Å². The normalized spacial score (nSPS) is 18.6. The molecule has 0 amide bonds. The molecule has 0 bridgehead atoms. The van der Waals surface area contributed by atoms with Crippen molar-refractivity contribution in [1.29, 1.82) is 0 Å². The molecule has 12 heteroatoms. The smallest absolute Gasteiger partial charge is 0.335 e. The van der Waals surface area contributed by atoms with E-state index in [9.17, 15) is 34.5 Å². The van der Waals surface area contributed by atoms with Gasteiger partial charge >= 0.3 is 23.9 Å². The summed E-state index contributed by atoms with van der Waals surface area (Å²) in [6.45, 7) is 5.70. The van der Waals surface area contributed by atoms with Crippen LogP contribution >= 0.6 is 0 Å². The highest BCUT2D eigenvalue weighted by Gasteiger charge is 2.50. The third-order valence-corrected chi connectivity index (χ3v) is 13.5. The van der Waals surface area contributed by atoms with Gasteiger partial charge in [-0.05, 0) is 128 Å². The van der Waals surface area contributed by atoms with Crippen LogP contribution in [0.1, 0.15) is 239 Å². The third-order valence-electron chi connectivity index (χ3n) is 13.5. The molecule has 0 aromatic heterocycles. The Morgan fingerprint density at radius 2 is 0.778 bits per heavy atom. The van der Waals surface area contributed by atoms with E-state index in [0.717, 1.165) is 128 Å². The molecule has 81 heavy (non-hydrogen) atoms. The fourth-order valence-corrected chi connectivity index (χ4v) is 8.73. The molecule has 6 atom stereocenters. The van der Waals surface area contributed by atoms with E-state index in [1.54, 1.807) is 0 Å². The number of aliphatic carboxylic acids is 1. The molecule has 0 saturated carbocycles. The van der Waals surface area contributed by atoms with Crippen molar-refractivity contribution in [3.8, 4) is 0 Å². The van der Waals surface area contributed by atoms with Gasteiger partial charge in [0.25, 0.3) is 0 Å². The summed E-state index contributed by atoms with van der Waals surface area (Å²) in [5.74, 6) is -3.24. The van der Waals surface area contributed by atoms with Crippen molar-refractivity contribution in [1.82, 2.24) is 0 Å². The molecule has 0 aromatic carbocycles. The lowest BCUT2D eigenvalue weighted by molar-refractivity contribution is -0.301. The van der Waals surface area contributed by atoms with Gasteiger partial charge in [0.15, 0.2) is 24.6 Å². The Morgan fingerprint density at radius 1 is 0.420 bits per heavy atom. The van der Waals surface area contributed by atoms with Crippen LogP contribution in [0, 0.1) is 0 Å². The molecular weight excluding hydrogens is 1020 g/mol. The zero-order chi connectivity index (χ0) is 58.9. The molecule has 12 nitrogen and oxygen atoms in total. The number of hydrogen-bond acceptors (Lipinski definition) is 11. The van der Waals surface area contributed by atoms with Crippen LogP contribution < -0.4 is 0 Å². The van der Waals surface area contributed by atoms with Crippen LogP contribution in [0.3, 0.4) is 0 Å². The maximum Gasteiger partial charge on any atom is 0.335 e. The third kappa shape index (κ3) is 45.3. The van der Waals surface area contributed by atoms with Gasteiger partial charge in [-0.3, -0.25) is 14.4 Å². The van der Waals surface area contributed by atoms with Crippen LogP contribution in [0.2, 0.25) is 0 Å². The fraction of sp³-hybridized carbons (Fsp3) is 0.652.